The molecular formula is C14H16F3N3. The number of rotatable bonds is 2. The minimum Gasteiger partial charge on any atom is -0.327 e. The molecule has 2 heterocycles. The number of hydrogen-bond acceptors (Lipinski definition) is 2. The van der Waals surface area contributed by atoms with Crippen molar-refractivity contribution in [1.29, 1.82) is 0 Å². The van der Waals surface area contributed by atoms with Crippen LogP contribution >= 0.6 is 0 Å². The largest absolute Gasteiger partial charge is 0.416 e. The maximum absolute atomic E-state index is 12.8. The fourth-order valence-corrected chi connectivity index (χ4v) is 2.83. The van der Waals surface area contributed by atoms with Crippen LogP contribution in [0, 0.1) is 0 Å². The van der Waals surface area contributed by atoms with Gasteiger partial charge in [0.25, 0.3) is 0 Å². The van der Waals surface area contributed by atoms with Gasteiger partial charge in [0.1, 0.15) is 5.82 Å². The summed E-state index contributed by atoms with van der Waals surface area (Å²) < 4.78 is 40.3. The molecule has 0 amide bonds. The van der Waals surface area contributed by atoms with Gasteiger partial charge < -0.3 is 9.88 Å². The average molecular weight is 283 g/mol. The van der Waals surface area contributed by atoms with Crippen LogP contribution in [0.25, 0.3) is 11.0 Å². The van der Waals surface area contributed by atoms with E-state index in [2.05, 4.69) is 10.3 Å². The summed E-state index contributed by atoms with van der Waals surface area (Å²) in [4.78, 5) is 4.44. The predicted molar refractivity (Wildman–Crippen MR) is 70.4 cm³/mol. The van der Waals surface area contributed by atoms with Crippen LogP contribution in [-0.2, 0) is 12.7 Å². The van der Waals surface area contributed by atoms with Gasteiger partial charge in [-0.05, 0) is 44.5 Å². The number of benzene rings is 1. The van der Waals surface area contributed by atoms with Gasteiger partial charge in [0, 0.05) is 6.54 Å². The summed E-state index contributed by atoms with van der Waals surface area (Å²) in [6, 6.07) is 3.94. The highest BCUT2D eigenvalue weighted by Gasteiger charge is 2.31. The van der Waals surface area contributed by atoms with E-state index < -0.39 is 11.7 Å². The van der Waals surface area contributed by atoms with E-state index in [0.29, 0.717) is 12.1 Å². The molecule has 1 fully saturated rings. The van der Waals surface area contributed by atoms with Crippen molar-refractivity contribution in [3.63, 3.8) is 0 Å². The van der Waals surface area contributed by atoms with Gasteiger partial charge in [0.15, 0.2) is 0 Å². The van der Waals surface area contributed by atoms with Crippen LogP contribution in [0.1, 0.15) is 37.2 Å². The molecule has 1 atom stereocenters. The molecule has 0 radical (unpaired) electrons. The average Bonchev–Trinajstić information content (AvgIpc) is 3.03. The zero-order chi connectivity index (χ0) is 14.3. The second-order valence-corrected chi connectivity index (χ2v) is 5.06. The molecule has 1 aliphatic heterocycles. The highest BCUT2D eigenvalue weighted by Crippen LogP contribution is 2.33. The third-order valence-corrected chi connectivity index (χ3v) is 3.79. The molecule has 1 saturated heterocycles. The summed E-state index contributed by atoms with van der Waals surface area (Å²) in [5.41, 5.74) is 0.547. The zero-order valence-electron chi connectivity index (χ0n) is 11.2. The molecule has 20 heavy (non-hydrogen) atoms. The standard InChI is InChI=1S/C14H16F3N3/c1-2-20-12-6-5-9(14(15,16)17)8-11(12)19-13(20)10-4-3-7-18-10/h5-6,8,10,18H,2-4,7H2,1H3. The van der Waals surface area contributed by atoms with Crippen LogP contribution in [0.4, 0.5) is 13.2 Å². The Hall–Kier alpha value is -1.56. The Balaban J connectivity index is 2.12. The molecule has 0 saturated carbocycles. The number of nitrogens with one attached hydrogen (secondary N) is 1. The summed E-state index contributed by atoms with van der Waals surface area (Å²) >= 11 is 0. The number of alkyl halides is 3. The van der Waals surface area contributed by atoms with Gasteiger partial charge in [-0.2, -0.15) is 13.2 Å². The van der Waals surface area contributed by atoms with Crippen molar-refractivity contribution in [2.45, 2.75) is 38.5 Å². The maximum Gasteiger partial charge on any atom is 0.416 e. The third-order valence-electron chi connectivity index (χ3n) is 3.79. The lowest BCUT2D eigenvalue weighted by Gasteiger charge is -2.12. The number of halogens is 3. The van der Waals surface area contributed by atoms with E-state index in [1.54, 1.807) is 0 Å². The van der Waals surface area contributed by atoms with E-state index in [-0.39, 0.29) is 6.04 Å². The summed E-state index contributed by atoms with van der Waals surface area (Å²) in [7, 11) is 0. The van der Waals surface area contributed by atoms with Crippen molar-refractivity contribution < 1.29 is 13.2 Å². The highest BCUT2D eigenvalue weighted by molar-refractivity contribution is 5.77. The first-order valence-electron chi connectivity index (χ1n) is 6.81. The first-order chi connectivity index (χ1) is 9.50. The van der Waals surface area contributed by atoms with Gasteiger partial charge in [-0.1, -0.05) is 0 Å². The fourth-order valence-electron chi connectivity index (χ4n) is 2.83. The Morgan fingerprint density at radius 1 is 1.40 bits per heavy atom. The first kappa shape index (κ1) is 13.4. The lowest BCUT2D eigenvalue weighted by Crippen LogP contribution is -2.17. The molecule has 1 aromatic carbocycles. The summed E-state index contributed by atoms with van der Waals surface area (Å²) in [5.74, 6) is 0.847. The molecule has 1 aliphatic rings. The predicted octanol–water partition coefficient (Wildman–Crippen LogP) is 3.50. The van der Waals surface area contributed by atoms with E-state index in [0.717, 1.165) is 42.9 Å². The Morgan fingerprint density at radius 2 is 2.20 bits per heavy atom. The molecule has 0 bridgehead atoms. The number of aromatic nitrogens is 2. The fraction of sp³-hybridized carbons (Fsp3) is 0.500. The van der Waals surface area contributed by atoms with E-state index in [4.69, 9.17) is 0 Å². The Kier molecular flexibility index (Phi) is 3.20. The quantitative estimate of drug-likeness (QED) is 0.914. The molecule has 1 unspecified atom stereocenters. The number of imidazole rings is 1. The Labute approximate surface area is 114 Å². The van der Waals surface area contributed by atoms with Crippen LogP contribution in [0.15, 0.2) is 18.2 Å². The van der Waals surface area contributed by atoms with Crippen molar-refractivity contribution in [2.24, 2.45) is 0 Å². The zero-order valence-corrected chi connectivity index (χ0v) is 11.2. The molecular weight excluding hydrogens is 267 g/mol. The normalized spacial score (nSPS) is 19.9. The lowest BCUT2D eigenvalue weighted by atomic mass is 10.2. The van der Waals surface area contributed by atoms with Crippen LogP contribution in [0.2, 0.25) is 0 Å². The molecule has 3 nitrogen and oxygen atoms in total. The van der Waals surface area contributed by atoms with Crippen molar-refractivity contribution >= 4 is 11.0 Å². The van der Waals surface area contributed by atoms with E-state index in [1.165, 1.54) is 6.07 Å². The van der Waals surface area contributed by atoms with Crippen LogP contribution < -0.4 is 5.32 Å². The molecule has 1 N–H and O–H groups in total. The third kappa shape index (κ3) is 2.18. The number of fused-ring (bicyclic) bond motifs is 1. The van der Waals surface area contributed by atoms with Crippen molar-refractivity contribution in [1.82, 2.24) is 14.9 Å². The number of aryl methyl sites for hydroxylation is 1. The van der Waals surface area contributed by atoms with Gasteiger partial charge >= 0.3 is 6.18 Å². The van der Waals surface area contributed by atoms with E-state index in [1.807, 2.05) is 11.5 Å². The smallest absolute Gasteiger partial charge is 0.327 e. The minimum absolute atomic E-state index is 0.150. The summed E-state index contributed by atoms with van der Waals surface area (Å²) in [6.07, 6.45) is -2.27. The summed E-state index contributed by atoms with van der Waals surface area (Å²) in [5, 5.41) is 3.35. The molecule has 0 aliphatic carbocycles. The topological polar surface area (TPSA) is 29.9 Å². The molecule has 0 spiro atoms. The minimum atomic E-state index is -4.32. The van der Waals surface area contributed by atoms with Gasteiger partial charge in [0.2, 0.25) is 0 Å². The molecule has 108 valence electrons. The first-order valence-corrected chi connectivity index (χ1v) is 6.81. The van der Waals surface area contributed by atoms with Crippen LogP contribution in [0.5, 0.6) is 0 Å². The molecule has 2 aromatic rings. The summed E-state index contributed by atoms with van der Waals surface area (Å²) in [6.45, 7) is 3.62. The van der Waals surface area contributed by atoms with Gasteiger partial charge in [0.05, 0.1) is 22.6 Å². The Bertz CT molecular complexity index is 624. The van der Waals surface area contributed by atoms with Gasteiger partial charge in [-0.3, -0.25) is 0 Å². The van der Waals surface area contributed by atoms with Crippen molar-refractivity contribution in [3.05, 3.63) is 29.6 Å². The van der Waals surface area contributed by atoms with E-state index >= 15 is 0 Å². The van der Waals surface area contributed by atoms with Crippen LogP contribution in [-0.4, -0.2) is 16.1 Å². The second kappa shape index (κ2) is 4.77. The number of hydrogen-bond donors (Lipinski definition) is 1. The number of nitrogens with zero attached hydrogens (tertiary/aromatic N) is 2. The highest BCUT2D eigenvalue weighted by atomic mass is 19.4. The lowest BCUT2D eigenvalue weighted by molar-refractivity contribution is -0.137. The molecule has 1 aromatic heterocycles. The monoisotopic (exact) mass is 283 g/mol. The second-order valence-electron chi connectivity index (χ2n) is 5.06. The van der Waals surface area contributed by atoms with Crippen LogP contribution in [0.3, 0.4) is 0 Å². The molecule has 6 heteroatoms. The molecule has 3 rings (SSSR count). The van der Waals surface area contributed by atoms with Gasteiger partial charge in [-0.25, -0.2) is 4.98 Å². The van der Waals surface area contributed by atoms with Crippen molar-refractivity contribution in [3.8, 4) is 0 Å². The van der Waals surface area contributed by atoms with E-state index in [9.17, 15) is 13.2 Å². The van der Waals surface area contributed by atoms with Crippen molar-refractivity contribution in [2.75, 3.05) is 6.54 Å². The Morgan fingerprint density at radius 3 is 2.80 bits per heavy atom. The maximum atomic E-state index is 12.8. The van der Waals surface area contributed by atoms with Gasteiger partial charge in [-0.15, -0.1) is 0 Å². The SMILES string of the molecule is CCn1c(C2CCCN2)nc2cc(C(F)(F)F)ccc21.